The second-order valence-electron chi connectivity index (χ2n) is 8.42. The Hall–Kier alpha value is 0.130. The van der Waals surface area contributed by atoms with Crippen LogP contribution in [0.5, 0.6) is 0 Å². The Balaban J connectivity index is 0.00000784. The van der Waals surface area contributed by atoms with Crippen molar-refractivity contribution in [3.05, 3.63) is 29.3 Å². The van der Waals surface area contributed by atoms with Crippen LogP contribution in [0.25, 0.3) is 0 Å². The molecule has 3 nitrogen and oxygen atoms in total. The molecule has 0 amide bonds. The topological polar surface area (TPSA) is 57.2 Å². The van der Waals surface area contributed by atoms with Gasteiger partial charge in [0.2, 0.25) is 0 Å². The maximum absolute atomic E-state index is 11.9. The first-order valence-electron chi connectivity index (χ1n) is 11.4. The van der Waals surface area contributed by atoms with E-state index in [2.05, 4.69) is 27.7 Å². The van der Waals surface area contributed by atoms with Gasteiger partial charge in [-0.3, -0.25) is 0 Å². The van der Waals surface area contributed by atoms with E-state index in [1.54, 1.807) is 6.07 Å². The van der Waals surface area contributed by atoms with Gasteiger partial charge in [-0.15, -0.1) is 0 Å². The van der Waals surface area contributed by atoms with Crippen LogP contribution in [0.4, 0.5) is 0 Å². The van der Waals surface area contributed by atoms with E-state index in [4.69, 9.17) is 0 Å². The Morgan fingerprint density at radius 3 is 1.76 bits per heavy atom. The molecule has 5 heteroatoms. The van der Waals surface area contributed by atoms with E-state index >= 15 is 0 Å². The van der Waals surface area contributed by atoms with Crippen molar-refractivity contribution in [3.63, 3.8) is 0 Å². The number of hydrogen-bond donors (Lipinski definition) is 0. The normalized spacial score (nSPS) is 13.7. The Kier molecular flexibility index (Phi) is 15.9. The van der Waals surface area contributed by atoms with Crippen LogP contribution < -0.4 is 29.6 Å². The van der Waals surface area contributed by atoms with Crippen LogP contribution in [0.3, 0.4) is 0 Å². The molecule has 162 valence electrons. The quantitative estimate of drug-likeness (QED) is 0.233. The fraction of sp³-hybridized carbons (Fsp3) is 0.750. The molecule has 0 aliphatic carbocycles. The summed E-state index contributed by atoms with van der Waals surface area (Å²) >= 11 is 0. The van der Waals surface area contributed by atoms with Crippen LogP contribution in [0, 0.1) is 0 Å². The van der Waals surface area contributed by atoms with Crippen molar-refractivity contribution in [1.82, 2.24) is 0 Å². The van der Waals surface area contributed by atoms with Crippen LogP contribution in [-0.4, -0.2) is 13.0 Å². The van der Waals surface area contributed by atoms with Crippen molar-refractivity contribution < 1.29 is 42.5 Å². The van der Waals surface area contributed by atoms with Crippen molar-refractivity contribution in [1.29, 1.82) is 0 Å². The molecule has 2 atom stereocenters. The summed E-state index contributed by atoms with van der Waals surface area (Å²) in [6.45, 7) is 8.68. The molecule has 2 unspecified atom stereocenters. The summed E-state index contributed by atoms with van der Waals surface area (Å²) in [5, 5.41) is 0. The van der Waals surface area contributed by atoms with Crippen molar-refractivity contribution in [3.8, 4) is 0 Å². The average molecular weight is 433 g/mol. The summed E-state index contributed by atoms with van der Waals surface area (Å²) in [4.78, 5) is 0.00360. The molecule has 0 aliphatic heterocycles. The molecule has 0 heterocycles. The first-order valence-corrected chi connectivity index (χ1v) is 12.8. The van der Waals surface area contributed by atoms with E-state index in [9.17, 15) is 13.0 Å². The second-order valence-corrected chi connectivity index (χ2v) is 9.77. The Bertz CT molecular complexity index is 658. The summed E-state index contributed by atoms with van der Waals surface area (Å²) in [5.74, 6) is 0.375. The molecule has 0 radical (unpaired) electrons. The van der Waals surface area contributed by atoms with Gasteiger partial charge < -0.3 is 4.55 Å². The second kappa shape index (κ2) is 15.9. The largest absolute Gasteiger partial charge is 1.00 e. The van der Waals surface area contributed by atoms with Gasteiger partial charge in [0.15, 0.2) is 0 Å². The van der Waals surface area contributed by atoms with Gasteiger partial charge in [0.05, 0.1) is 4.90 Å². The van der Waals surface area contributed by atoms with E-state index in [-0.39, 0.29) is 46.3 Å². The minimum atomic E-state index is -4.46. The zero-order chi connectivity index (χ0) is 21.0. The number of rotatable bonds is 15. The van der Waals surface area contributed by atoms with E-state index in [0.717, 1.165) is 36.8 Å². The standard InChI is InChI=1S/C24H42O3S.Na/c1-5-7-9-11-13-16-20(3)22-18-15-19-23(28(25,26)27)24(22)21(4)17-14-12-10-8-6-2;/h15,18-21H,5-14,16-17H2,1-4H3,(H,25,26,27);/q;+1/p-1. The smallest absolute Gasteiger partial charge is 0.744 e. The Labute approximate surface area is 202 Å². The fourth-order valence-electron chi connectivity index (χ4n) is 4.14. The fourth-order valence-corrected chi connectivity index (χ4v) is 4.98. The van der Waals surface area contributed by atoms with Gasteiger partial charge in [-0.05, 0) is 41.9 Å². The van der Waals surface area contributed by atoms with E-state index in [1.807, 2.05) is 6.07 Å². The Morgan fingerprint density at radius 2 is 1.28 bits per heavy atom. The number of unbranched alkanes of at least 4 members (excludes halogenated alkanes) is 8. The molecule has 0 fully saturated rings. The van der Waals surface area contributed by atoms with Gasteiger partial charge >= 0.3 is 29.6 Å². The SMILES string of the molecule is CCCCCCCC(C)c1cccc(S(=O)(=O)[O-])c1C(C)CCCCCCC.[Na+]. The molecular weight excluding hydrogens is 391 g/mol. The van der Waals surface area contributed by atoms with Gasteiger partial charge in [0.1, 0.15) is 10.1 Å². The molecule has 1 aromatic rings. The van der Waals surface area contributed by atoms with Crippen molar-refractivity contribution in [2.45, 2.75) is 121 Å². The number of benzene rings is 1. The average Bonchev–Trinajstić information content (AvgIpc) is 2.66. The third-order valence-corrected chi connectivity index (χ3v) is 6.77. The number of hydrogen-bond acceptors (Lipinski definition) is 3. The van der Waals surface area contributed by atoms with E-state index < -0.39 is 10.1 Å². The maximum Gasteiger partial charge on any atom is 1.00 e. The molecule has 0 saturated carbocycles. The molecule has 0 aliphatic rings. The molecule has 0 aromatic heterocycles. The summed E-state index contributed by atoms with van der Waals surface area (Å²) in [6, 6.07) is 5.28. The van der Waals surface area contributed by atoms with Gasteiger partial charge in [-0.25, -0.2) is 8.42 Å². The Morgan fingerprint density at radius 1 is 0.793 bits per heavy atom. The van der Waals surface area contributed by atoms with Gasteiger partial charge in [0.25, 0.3) is 0 Å². The molecule has 0 saturated heterocycles. The first kappa shape index (κ1) is 29.1. The molecule has 1 rings (SSSR count). The molecule has 0 spiro atoms. The molecular formula is C24H41NaO3S. The molecule has 0 bridgehead atoms. The zero-order valence-corrected chi connectivity index (χ0v) is 22.3. The van der Waals surface area contributed by atoms with Crippen LogP contribution >= 0.6 is 0 Å². The molecule has 1 aromatic carbocycles. The van der Waals surface area contributed by atoms with Crippen LogP contribution in [-0.2, 0) is 10.1 Å². The van der Waals surface area contributed by atoms with Crippen molar-refractivity contribution in [2.75, 3.05) is 0 Å². The van der Waals surface area contributed by atoms with E-state index in [1.165, 1.54) is 57.4 Å². The predicted octanol–water partition coefficient (Wildman–Crippen LogP) is 4.52. The molecule has 29 heavy (non-hydrogen) atoms. The van der Waals surface area contributed by atoms with Gasteiger partial charge in [-0.1, -0.05) is 104 Å². The van der Waals surface area contributed by atoms with Crippen molar-refractivity contribution in [2.24, 2.45) is 0 Å². The summed E-state index contributed by atoms with van der Waals surface area (Å²) < 4.78 is 35.8. The first-order chi connectivity index (χ1) is 13.3. The molecule has 0 N–H and O–H groups in total. The summed E-state index contributed by atoms with van der Waals surface area (Å²) in [6.07, 6.45) is 14.1. The monoisotopic (exact) mass is 432 g/mol. The predicted molar refractivity (Wildman–Crippen MR) is 118 cm³/mol. The third kappa shape index (κ3) is 10.8. The van der Waals surface area contributed by atoms with E-state index in [0.29, 0.717) is 0 Å². The van der Waals surface area contributed by atoms with Crippen LogP contribution in [0.2, 0.25) is 0 Å². The van der Waals surface area contributed by atoms with Gasteiger partial charge in [0, 0.05) is 0 Å². The van der Waals surface area contributed by atoms with Gasteiger partial charge in [-0.2, -0.15) is 0 Å². The minimum absolute atomic E-state index is 0. The van der Waals surface area contributed by atoms with Crippen LogP contribution in [0.1, 0.15) is 128 Å². The maximum atomic E-state index is 11.9. The third-order valence-electron chi connectivity index (χ3n) is 5.87. The van der Waals surface area contributed by atoms with Crippen LogP contribution in [0.15, 0.2) is 23.1 Å². The summed E-state index contributed by atoms with van der Waals surface area (Å²) in [7, 11) is -4.46. The summed E-state index contributed by atoms with van der Waals surface area (Å²) in [5.41, 5.74) is 1.85. The zero-order valence-electron chi connectivity index (χ0n) is 19.5. The minimum Gasteiger partial charge on any atom is -0.744 e. The van der Waals surface area contributed by atoms with Crippen molar-refractivity contribution >= 4 is 10.1 Å².